The molecule has 0 bridgehead atoms. The average molecular weight is 298 g/mol. The molecule has 4 rings (SSSR count). The van der Waals surface area contributed by atoms with Crippen LogP contribution in [0.3, 0.4) is 0 Å². The molecule has 120 valence electrons. The molecule has 1 nitrogen and oxygen atoms in total. The lowest BCUT2D eigenvalue weighted by Gasteiger charge is -2.57. The van der Waals surface area contributed by atoms with Crippen LogP contribution >= 0.6 is 0 Å². The van der Waals surface area contributed by atoms with E-state index in [2.05, 4.69) is 39.0 Å². The fourth-order valence-corrected chi connectivity index (χ4v) is 6.52. The smallest absolute Gasteiger partial charge is 0.0905 e. The van der Waals surface area contributed by atoms with E-state index in [0.29, 0.717) is 5.41 Å². The van der Waals surface area contributed by atoms with Gasteiger partial charge in [0.15, 0.2) is 0 Å². The third kappa shape index (κ3) is 1.81. The fourth-order valence-electron chi connectivity index (χ4n) is 6.52. The molecule has 4 aliphatic carbocycles. The van der Waals surface area contributed by atoms with Crippen LogP contribution < -0.4 is 0 Å². The molecular weight excluding hydrogens is 268 g/mol. The summed E-state index contributed by atoms with van der Waals surface area (Å²) in [6.07, 6.45) is 16.5. The molecule has 0 amide bonds. The van der Waals surface area contributed by atoms with Crippen molar-refractivity contribution in [2.24, 2.45) is 28.6 Å². The second-order valence-electron chi connectivity index (χ2n) is 8.51. The Balaban J connectivity index is 1.67. The molecule has 0 aromatic heterocycles. The zero-order chi connectivity index (χ0) is 15.5. The second-order valence-corrected chi connectivity index (χ2v) is 8.51. The molecule has 2 fully saturated rings. The van der Waals surface area contributed by atoms with Gasteiger partial charge in [0.2, 0.25) is 0 Å². The highest BCUT2D eigenvalue weighted by Gasteiger charge is 2.55. The summed E-state index contributed by atoms with van der Waals surface area (Å²) in [5, 5.41) is 9.94. The van der Waals surface area contributed by atoms with E-state index in [1.165, 1.54) is 44.1 Å². The van der Waals surface area contributed by atoms with Crippen molar-refractivity contribution in [1.82, 2.24) is 0 Å². The third-order valence-electron chi connectivity index (χ3n) is 7.78. The van der Waals surface area contributed by atoms with Crippen LogP contribution in [0.5, 0.6) is 0 Å². The van der Waals surface area contributed by atoms with Gasteiger partial charge in [-0.25, -0.2) is 0 Å². The molecular formula is C21H30O. The number of rotatable bonds is 1. The maximum Gasteiger partial charge on any atom is 0.0905 e. The Kier molecular flexibility index (Phi) is 3.24. The summed E-state index contributed by atoms with van der Waals surface area (Å²) in [6, 6.07) is 0. The first-order valence-corrected chi connectivity index (χ1v) is 9.27. The number of allylic oxidation sites excluding steroid dienone is 4. The lowest BCUT2D eigenvalue weighted by molar-refractivity contribution is -0.00801. The van der Waals surface area contributed by atoms with Crippen molar-refractivity contribution in [1.29, 1.82) is 0 Å². The highest BCUT2D eigenvalue weighted by molar-refractivity contribution is 5.35. The van der Waals surface area contributed by atoms with E-state index in [9.17, 15) is 5.11 Å². The van der Waals surface area contributed by atoms with E-state index in [1.807, 2.05) is 6.08 Å². The Hall–Kier alpha value is -0.820. The highest BCUT2D eigenvalue weighted by atomic mass is 16.3. The Labute approximate surface area is 135 Å². The van der Waals surface area contributed by atoms with Crippen molar-refractivity contribution in [2.75, 3.05) is 0 Å². The van der Waals surface area contributed by atoms with E-state index < -0.39 is 0 Å². The minimum absolute atomic E-state index is 0.207. The van der Waals surface area contributed by atoms with Gasteiger partial charge < -0.3 is 5.11 Å². The van der Waals surface area contributed by atoms with Gasteiger partial charge >= 0.3 is 0 Å². The van der Waals surface area contributed by atoms with Crippen molar-refractivity contribution in [3.63, 3.8) is 0 Å². The minimum atomic E-state index is -0.353. The average Bonchev–Trinajstić information content (AvgIpc) is 2.84. The molecule has 0 aromatic carbocycles. The van der Waals surface area contributed by atoms with Gasteiger partial charge in [-0.3, -0.25) is 0 Å². The summed E-state index contributed by atoms with van der Waals surface area (Å²) in [5.74, 6) is 2.50. The molecule has 4 aliphatic rings. The number of hydrogen-bond donors (Lipinski definition) is 1. The molecule has 0 heterocycles. The molecule has 2 saturated carbocycles. The maximum absolute atomic E-state index is 9.94. The predicted molar refractivity (Wildman–Crippen MR) is 91.4 cm³/mol. The van der Waals surface area contributed by atoms with Gasteiger partial charge in [-0.2, -0.15) is 0 Å². The Morgan fingerprint density at radius 2 is 2.05 bits per heavy atom. The van der Waals surface area contributed by atoms with Crippen LogP contribution in [0.4, 0.5) is 0 Å². The van der Waals surface area contributed by atoms with E-state index in [4.69, 9.17) is 0 Å². The van der Waals surface area contributed by atoms with Gasteiger partial charge in [-0.05, 0) is 61.7 Å². The predicted octanol–water partition coefficient (Wildman–Crippen LogP) is 5.03. The van der Waals surface area contributed by atoms with Gasteiger partial charge in [0.1, 0.15) is 0 Å². The van der Waals surface area contributed by atoms with Gasteiger partial charge in [0.05, 0.1) is 6.10 Å². The van der Waals surface area contributed by atoms with Crippen molar-refractivity contribution >= 4 is 0 Å². The molecule has 0 spiro atoms. The summed E-state index contributed by atoms with van der Waals surface area (Å²) >= 11 is 0. The van der Waals surface area contributed by atoms with E-state index in [-0.39, 0.29) is 11.5 Å². The monoisotopic (exact) mass is 298 g/mol. The molecule has 0 aromatic rings. The van der Waals surface area contributed by atoms with Crippen LogP contribution in [0.2, 0.25) is 0 Å². The molecule has 0 aliphatic heterocycles. The Morgan fingerprint density at radius 3 is 2.82 bits per heavy atom. The topological polar surface area (TPSA) is 20.2 Å². The first kappa shape index (κ1) is 14.8. The molecule has 22 heavy (non-hydrogen) atoms. The zero-order valence-corrected chi connectivity index (χ0v) is 14.3. The highest BCUT2D eigenvalue weighted by Crippen LogP contribution is 2.64. The lowest BCUT2D eigenvalue weighted by Crippen LogP contribution is -2.49. The van der Waals surface area contributed by atoms with Crippen LogP contribution in [-0.2, 0) is 0 Å². The molecule has 6 atom stereocenters. The molecule has 0 saturated heterocycles. The van der Waals surface area contributed by atoms with E-state index in [1.54, 1.807) is 5.57 Å². The van der Waals surface area contributed by atoms with Crippen molar-refractivity contribution in [2.45, 2.75) is 65.4 Å². The van der Waals surface area contributed by atoms with Crippen LogP contribution in [0.1, 0.15) is 59.3 Å². The largest absolute Gasteiger partial charge is 0.385 e. The third-order valence-corrected chi connectivity index (χ3v) is 7.78. The van der Waals surface area contributed by atoms with Crippen LogP contribution in [-0.4, -0.2) is 11.2 Å². The van der Waals surface area contributed by atoms with Crippen LogP contribution in [0.15, 0.2) is 35.5 Å². The summed E-state index contributed by atoms with van der Waals surface area (Å²) < 4.78 is 0. The van der Waals surface area contributed by atoms with Gasteiger partial charge in [0, 0.05) is 5.41 Å². The van der Waals surface area contributed by atoms with Crippen molar-refractivity contribution < 1.29 is 5.11 Å². The summed E-state index contributed by atoms with van der Waals surface area (Å²) in [7, 11) is 0. The van der Waals surface area contributed by atoms with Crippen LogP contribution in [0, 0.1) is 28.6 Å². The number of aliphatic hydroxyl groups is 1. The standard InChI is InChI=1S/C21H30O/c1-4-14-6-8-18-17-7-5-15-13-16(22)9-11-21(15,3)19(17)10-12-20(14,18)2/h6,9,11,13,16-19,22H,4-5,7-8,10,12H2,1-3H3/t16-,17?,18?,19?,20+,21-/m0/s1. The molecule has 3 unspecified atom stereocenters. The second kappa shape index (κ2) is 4.84. The molecule has 0 radical (unpaired) electrons. The van der Waals surface area contributed by atoms with E-state index in [0.717, 1.165) is 17.8 Å². The molecule has 1 N–H and O–H groups in total. The summed E-state index contributed by atoms with van der Waals surface area (Å²) in [4.78, 5) is 0. The zero-order valence-electron chi connectivity index (χ0n) is 14.3. The van der Waals surface area contributed by atoms with Gasteiger partial charge in [0.25, 0.3) is 0 Å². The number of fused-ring (bicyclic) bond motifs is 5. The van der Waals surface area contributed by atoms with E-state index >= 15 is 0 Å². The summed E-state index contributed by atoms with van der Waals surface area (Å²) in [6.45, 7) is 7.31. The fraction of sp³-hybridized carbons (Fsp3) is 0.714. The van der Waals surface area contributed by atoms with Crippen LogP contribution in [0.25, 0.3) is 0 Å². The maximum atomic E-state index is 9.94. The quantitative estimate of drug-likeness (QED) is 0.673. The Bertz CT molecular complexity index is 568. The number of hydrogen-bond acceptors (Lipinski definition) is 1. The summed E-state index contributed by atoms with van der Waals surface area (Å²) in [5.41, 5.74) is 3.93. The minimum Gasteiger partial charge on any atom is -0.385 e. The SMILES string of the molecule is CCC1=CCC2C3CCC4=C[C@@H](O)C=C[C@]4(C)C3CC[C@]12C. The van der Waals surface area contributed by atoms with Crippen molar-refractivity contribution in [3.8, 4) is 0 Å². The first-order chi connectivity index (χ1) is 10.5. The van der Waals surface area contributed by atoms with Gasteiger partial charge in [-0.1, -0.05) is 56.2 Å². The first-order valence-electron chi connectivity index (χ1n) is 9.27. The molecule has 1 heteroatoms. The Morgan fingerprint density at radius 1 is 1.23 bits per heavy atom. The van der Waals surface area contributed by atoms with Crippen molar-refractivity contribution in [3.05, 3.63) is 35.5 Å². The van der Waals surface area contributed by atoms with Gasteiger partial charge in [-0.15, -0.1) is 0 Å². The lowest BCUT2D eigenvalue weighted by atomic mass is 9.48. The normalized spacial score (nSPS) is 49.8. The number of aliphatic hydroxyl groups excluding tert-OH is 1.